The van der Waals surface area contributed by atoms with Gasteiger partial charge in [-0.05, 0) is 27.6 Å². The van der Waals surface area contributed by atoms with E-state index in [1.165, 1.54) is 6.07 Å². The molecule has 1 aromatic carbocycles. The first-order valence-electron chi connectivity index (χ1n) is 4.75. The Morgan fingerprint density at radius 1 is 1.44 bits per heavy atom. The second kappa shape index (κ2) is 4.76. The van der Waals surface area contributed by atoms with Crippen molar-refractivity contribution in [2.24, 2.45) is 0 Å². The lowest BCUT2D eigenvalue weighted by Gasteiger charge is -2.05. The second-order valence-electron chi connectivity index (χ2n) is 3.41. The summed E-state index contributed by atoms with van der Waals surface area (Å²) < 4.78 is 15.5. The van der Waals surface area contributed by atoms with E-state index in [1.54, 1.807) is 23.2 Å². The Balaban J connectivity index is 2.23. The highest BCUT2D eigenvalue weighted by molar-refractivity contribution is 9.10. The van der Waals surface area contributed by atoms with Gasteiger partial charge in [0.1, 0.15) is 5.82 Å². The predicted molar refractivity (Wildman–Crippen MR) is 61.4 cm³/mol. The van der Waals surface area contributed by atoms with Crippen LogP contribution in [0.4, 0.5) is 4.39 Å². The Morgan fingerprint density at radius 3 is 2.94 bits per heavy atom. The molecule has 0 radical (unpaired) electrons. The lowest BCUT2D eigenvalue weighted by atomic mass is 10.2. The minimum atomic E-state index is -0.278. The van der Waals surface area contributed by atoms with Crippen LogP contribution in [0.25, 0.3) is 0 Å². The van der Waals surface area contributed by atoms with E-state index in [0.29, 0.717) is 16.7 Å². The van der Waals surface area contributed by atoms with Gasteiger partial charge in [-0.25, -0.2) is 9.37 Å². The maximum atomic E-state index is 13.2. The molecule has 0 aliphatic heterocycles. The summed E-state index contributed by atoms with van der Waals surface area (Å²) in [5.74, 6) is -0.278. The van der Waals surface area contributed by atoms with Gasteiger partial charge in [-0.15, -0.1) is 0 Å². The fraction of sp³-hybridized carbons (Fsp3) is 0.182. The third kappa shape index (κ3) is 2.31. The number of hydrogen-bond donors (Lipinski definition) is 1. The number of benzene rings is 1. The van der Waals surface area contributed by atoms with Crippen LogP contribution in [0.5, 0.6) is 0 Å². The number of halogens is 2. The maximum absolute atomic E-state index is 13.2. The van der Waals surface area contributed by atoms with Crippen molar-refractivity contribution in [3.8, 4) is 0 Å². The van der Waals surface area contributed by atoms with Gasteiger partial charge in [0.25, 0.3) is 0 Å². The Labute approximate surface area is 101 Å². The minimum absolute atomic E-state index is 0.0860. The van der Waals surface area contributed by atoms with Crippen LogP contribution in [-0.2, 0) is 13.2 Å². The summed E-state index contributed by atoms with van der Waals surface area (Å²) in [6, 6.07) is 4.91. The zero-order valence-electron chi connectivity index (χ0n) is 8.40. The quantitative estimate of drug-likeness (QED) is 0.940. The Kier molecular flexibility index (Phi) is 3.36. The van der Waals surface area contributed by atoms with Crippen LogP contribution in [0.1, 0.15) is 11.3 Å². The number of imidazole rings is 1. The van der Waals surface area contributed by atoms with Crippen LogP contribution in [0, 0.1) is 5.82 Å². The molecular weight excluding hydrogens is 275 g/mol. The number of aliphatic hydroxyl groups excluding tert-OH is 1. The largest absolute Gasteiger partial charge is 0.390 e. The smallest absolute Gasteiger partial charge is 0.137 e. The van der Waals surface area contributed by atoms with Gasteiger partial charge in [-0.3, -0.25) is 0 Å². The molecule has 0 spiro atoms. The van der Waals surface area contributed by atoms with Crippen LogP contribution in [0.2, 0.25) is 0 Å². The zero-order chi connectivity index (χ0) is 11.5. The van der Waals surface area contributed by atoms with E-state index in [-0.39, 0.29) is 12.4 Å². The first-order chi connectivity index (χ1) is 7.70. The van der Waals surface area contributed by atoms with Crippen LogP contribution in [0.3, 0.4) is 0 Å². The molecule has 0 atom stereocenters. The monoisotopic (exact) mass is 284 g/mol. The number of nitrogens with zero attached hydrogens (tertiary/aromatic N) is 2. The lowest BCUT2D eigenvalue weighted by molar-refractivity contribution is 0.277. The van der Waals surface area contributed by atoms with Crippen molar-refractivity contribution in [3.05, 3.63) is 52.3 Å². The molecule has 0 saturated carbocycles. The van der Waals surface area contributed by atoms with Gasteiger partial charge in [0.15, 0.2) is 0 Å². The third-order valence-electron chi connectivity index (χ3n) is 2.23. The van der Waals surface area contributed by atoms with Gasteiger partial charge in [-0.1, -0.05) is 12.1 Å². The van der Waals surface area contributed by atoms with Gasteiger partial charge in [-0.2, -0.15) is 0 Å². The number of hydrogen-bond acceptors (Lipinski definition) is 2. The topological polar surface area (TPSA) is 38.0 Å². The molecule has 0 saturated heterocycles. The lowest BCUT2D eigenvalue weighted by Crippen LogP contribution is -1.98. The van der Waals surface area contributed by atoms with Crippen molar-refractivity contribution in [1.29, 1.82) is 0 Å². The van der Waals surface area contributed by atoms with Gasteiger partial charge in [0, 0.05) is 12.7 Å². The Bertz CT molecular complexity index is 498. The second-order valence-corrected chi connectivity index (χ2v) is 4.20. The minimum Gasteiger partial charge on any atom is -0.390 e. The van der Waals surface area contributed by atoms with Crippen molar-refractivity contribution in [3.63, 3.8) is 0 Å². The summed E-state index contributed by atoms with van der Waals surface area (Å²) in [6.45, 7) is 0.433. The number of aliphatic hydroxyl groups is 1. The fourth-order valence-corrected chi connectivity index (χ4v) is 1.83. The molecule has 3 nitrogen and oxygen atoms in total. The molecule has 84 valence electrons. The highest BCUT2D eigenvalue weighted by Crippen LogP contribution is 2.21. The highest BCUT2D eigenvalue weighted by atomic mass is 79.9. The molecule has 0 aliphatic rings. The van der Waals surface area contributed by atoms with Crippen LogP contribution < -0.4 is 0 Å². The van der Waals surface area contributed by atoms with Crippen molar-refractivity contribution >= 4 is 15.9 Å². The standard InChI is InChI=1S/C11H10BrFN2O/c12-11-8(2-1-3-10(11)13)4-15-5-9(6-16)14-7-15/h1-3,5,7,16H,4,6H2. The molecule has 1 heterocycles. The molecule has 0 bridgehead atoms. The average molecular weight is 285 g/mol. The number of rotatable bonds is 3. The van der Waals surface area contributed by atoms with E-state index in [4.69, 9.17) is 5.11 Å². The van der Waals surface area contributed by atoms with Crippen LogP contribution >= 0.6 is 15.9 Å². The fourth-order valence-electron chi connectivity index (χ4n) is 1.44. The van der Waals surface area contributed by atoms with Crippen molar-refractivity contribution in [1.82, 2.24) is 9.55 Å². The Hall–Kier alpha value is -1.20. The van der Waals surface area contributed by atoms with Gasteiger partial charge in [0.2, 0.25) is 0 Å². The molecule has 16 heavy (non-hydrogen) atoms. The molecule has 0 aliphatic carbocycles. The van der Waals surface area contributed by atoms with Crippen LogP contribution in [0.15, 0.2) is 35.2 Å². The molecule has 2 rings (SSSR count). The van der Waals surface area contributed by atoms with Gasteiger partial charge in [0.05, 0.1) is 23.1 Å². The van der Waals surface area contributed by atoms with Crippen molar-refractivity contribution in [2.45, 2.75) is 13.2 Å². The van der Waals surface area contributed by atoms with E-state index in [2.05, 4.69) is 20.9 Å². The predicted octanol–water partition coefficient (Wildman–Crippen LogP) is 2.33. The van der Waals surface area contributed by atoms with Crippen LogP contribution in [-0.4, -0.2) is 14.7 Å². The van der Waals surface area contributed by atoms with Crippen molar-refractivity contribution < 1.29 is 9.50 Å². The molecule has 0 unspecified atom stereocenters. The SMILES string of the molecule is OCc1cn(Cc2cccc(F)c2Br)cn1. The molecule has 0 fully saturated rings. The first kappa shape index (κ1) is 11.3. The van der Waals surface area contributed by atoms with Gasteiger partial charge < -0.3 is 9.67 Å². The highest BCUT2D eigenvalue weighted by Gasteiger charge is 2.06. The molecule has 2 aromatic rings. The van der Waals surface area contributed by atoms with Gasteiger partial charge >= 0.3 is 0 Å². The first-order valence-corrected chi connectivity index (χ1v) is 5.54. The molecule has 1 aromatic heterocycles. The molecule has 5 heteroatoms. The molecule has 0 amide bonds. The summed E-state index contributed by atoms with van der Waals surface area (Å²) in [4.78, 5) is 3.99. The van der Waals surface area contributed by atoms with E-state index < -0.39 is 0 Å². The average Bonchev–Trinajstić information content (AvgIpc) is 2.73. The van der Waals surface area contributed by atoms with E-state index in [9.17, 15) is 4.39 Å². The van der Waals surface area contributed by atoms with E-state index in [0.717, 1.165) is 5.56 Å². The summed E-state index contributed by atoms with van der Waals surface area (Å²) >= 11 is 3.20. The normalized spacial score (nSPS) is 10.7. The maximum Gasteiger partial charge on any atom is 0.137 e. The molecular formula is C11H10BrFN2O. The zero-order valence-corrected chi connectivity index (χ0v) is 9.98. The van der Waals surface area contributed by atoms with Crippen molar-refractivity contribution in [2.75, 3.05) is 0 Å². The number of aromatic nitrogens is 2. The third-order valence-corrected chi connectivity index (χ3v) is 3.12. The van der Waals surface area contributed by atoms with E-state index in [1.807, 2.05) is 6.07 Å². The summed E-state index contributed by atoms with van der Waals surface area (Å²) in [5, 5.41) is 8.87. The summed E-state index contributed by atoms with van der Waals surface area (Å²) in [5.41, 5.74) is 1.44. The summed E-state index contributed by atoms with van der Waals surface area (Å²) in [6.07, 6.45) is 3.35. The Morgan fingerprint density at radius 2 is 2.25 bits per heavy atom. The summed E-state index contributed by atoms with van der Waals surface area (Å²) in [7, 11) is 0. The molecule has 1 N–H and O–H groups in total. The van der Waals surface area contributed by atoms with E-state index >= 15 is 0 Å².